The van der Waals surface area contributed by atoms with E-state index >= 15 is 0 Å². The van der Waals surface area contributed by atoms with Crippen molar-refractivity contribution >= 4 is 0 Å². The first-order valence-electron chi connectivity index (χ1n) is 11.0. The highest BCUT2D eigenvalue weighted by atomic mass is 14.8. The molecule has 24 heavy (non-hydrogen) atoms. The van der Waals surface area contributed by atoms with Crippen LogP contribution in [-0.4, -0.2) is 12.1 Å². The zero-order chi connectivity index (χ0) is 18.4. The lowest BCUT2D eigenvalue weighted by atomic mass is 9.69. The first-order chi connectivity index (χ1) is 11.5. The molecule has 0 aliphatic rings. The van der Waals surface area contributed by atoms with Crippen LogP contribution in [0.5, 0.6) is 0 Å². The lowest BCUT2D eigenvalue weighted by molar-refractivity contribution is 0.160. The molecule has 146 valence electrons. The number of hydrogen-bond acceptors (Lipinski definition) is 2. The Morgan fingerprint density at radius 3 is 1.54 bits per heavy atom. The van der Waals surface area contributed by atoms with Crippen LogP contribution in [0.1, 0.15) is 112 Å². The molecule has 0 amide bonds. The van der Waals surface area contributed by atoms with Crippen LogP contribution in [0, 0.1) is 17.8 Å². The van der Waals surface area contributed by atoms with Crippen LogP contribution in [0.15, 0.2) is 0 Å². The summed E-state index contributed by atoms with van der Waals surface area (Å²) in [6, 6.07) is 0. The average molecular weight is 341 g/mol. The summed E-state index contributed by atoms with van der Waals surface area (Å²) in [5.74, 6) is 2.16. The molecule has 4 N–H and O–H groups in total. The Morgan fingerprint density at radius 1 is 0.750 bits per heavy atom. The number of hydrogen-bond donors (Lipinski definition) is 2. The van der Waals surface area contributed by atoms with Gasteiger partial charge in [-0.3, -0.25) is 0 Å². The lowest BCUT2D eigenvalue weighted by Gasteiger charge is -2.41. The minimum Gasteiger partial charge on any atom is -0.330 e. The van der Waals surface area contributed by atoms with Crippen molar-refractivity contribution in [1.82, 2.24) is 0 Å². The zero-order valence-electron chi connectivity index (χ0n) is 17.6. The molecule has 0 saturated carbocycles. The summed E-state index contributed by atoms with van der Waals surface area (Å²) in [7, 11) is 0. The number of rotatable bonds is 16. The second-order valence-electron chi connectivity index (χ2n) is 8.31. The quantitative estimate of drug-likeness (QED) is 0.348. The van der Waals surface area contributed by atoms with Crippen molar-refractivity contribution in [1.29, 1.82) is 0 Å². The van der Waals surface area contributed by atoms with Gasteiger partial charge in [-0.05, 0) is 50.0 Å². The van der Waals surface area contributed by atoms with E-state index in [1.807, 2.05) is 0 Å². The minimum absolute atomic E-state index is 0.00198. The third-order valence-corrected chi connectivity index (χ3v) is 6.25. The Labute approximate surface area is 153 Å². The monoisotopic (exact) mass is 340 g/mol. The van der Waals surface area contributed by atoms with E-state index in [4.69, 9.17) is 11.5 Å². The molecule has 0 spiro atoms. The van der Waals surface area contributed by atoms with E-state index in [1.165, 1.54) is 70.6 Å². The van der Waals surface area contributed by atoms with E-state index in [2.05, 4.69) is 34.6 Å². The normalized spacial score (nSPS) is 18.1. The third kappa shape index (κ3) is 9.42. The van der Waals surface area contributed by atoms with Crippen molar-refractivity contribution in [2.75, 3.05) is 6.54 Å². The summed E-state index contributed by atoms with van der Waals surface area (Å²) in [6.45, 7) is 12.5. The van der Waals surface area contributed by atoms with Gasteiger partial charge in [0.15, 0.2) is 0 Å². The molecule has 0 saturated heterocycles. The molecule has 0 aromatic heterocycles. The van der Waals surface area contributed by atoms with Crippen LogP contribution in [-0.2, 0) is 0 Å². The summed E-state index contributed by atoms with van der Waals surface area (Å²) < 4.78 is 0. The van der Waals surface area contributed by atoms with Gasteiger partial charge in [-0.25, -0.2) is 0 Å². The standard InChI is InChI=1S/C22H48N2/c1-6-10-14-20(8-3)17-22(24,19(5)13-12-16-23)18-21(9-4)15-11-7-2/h19-21H,6-18,23-24H2,1-5H3. The van der Waals surface area contributed by atoms with Gasteiger partial charge in [0, 0.05) is 5.54 Å². The largest absolute Gasteiger partial charge is 0.330 e. The van der Waals surface area contributed by atoms with Crippen LogP contribution < -0.4 is 11.5 Å². The molecule has 0 bridgehead atoms. The molecule has 0 aliphatic carbocycles. The van der Waals surface area contributed by atoms with Crippen molar-refractivity contribution < 1.29 is 0 Å². The molecule has 3 atom stereocenters. The maximum atomic E-state index is 7.14. The summed E-state index contributed by atoms with van der Waals surface area (Å²) in [5, 5.41) is 0. The van der Waals surface area contributed by atoms with E-state index in [9.17, 15) is 0 Å². The second kappa shape index (κ2) is 14.1. The maximum absolute atomic E-state index is 7.14. The van der Waals surface area contributed by atoms with Gasteiger partial charge in [-0.1, -0.05) is 86.0 Å². The first-order valence-corrected chi connectivity index (χ1v) is 11.0. The number of unbranched alkanes of at least 4 members (excludes halogenated alkanes) is 2. The average Bonchev–Trinajstić information content (AvgIpc) is 2.59. The molecule has 2 heteroatoms. The van der Waals surface area contributed by atoms with Gasteiger partial charge in [0.25, 0.3) is 0 Å². The topological polar surface area (TPSA) is 52.0 Å². The van der Waals surface area contributed by atoms with E-state index in [0.717, 1.165) is 24.8 Å². The van der Waals surface area contributed by atoms with E-state index in [1.54, 1.807) is 0 Å². The molecule has 0 fully saturated rings. The SMILES string of the molecule is CCCCC(CC)CC(N)(CC(CC)CCCC)C(C)CCCN. The molecule has 0 rings (SSSR count). The fourth-order valence-corrected chi connectivity index (χ4v) is 4.16. The third-order valence-electron chi connectivity index (χ3n) is 6.25. The first kappa shape index (κ1) is 23.9. The second-order valence-corrected chi connectivity index (χ2v) is 8.31. The predicted molar refractivity (Wildman–Crippen MR) is 110 cm³/mol. The summed E-state index contributed by atoms with van der Waals surface area (Å²) >= 11 is 0. The molecule has 2 nitrogen and oxygen atoms in total. The molecule has 0 heterocycles. The van der Waals surface area contributed by atoms with Crippen LogP contribution in [0.2, 0.25) is 0 Å². The van der Waals surface area contributed by atoms with Gasteiger partial charge in [0.2, 0.25) is 0 Å². The van der Waals surface area contributed by atoms with Crippen molar-refractivity contribution in [2.24, 2.45) is 29.2 Å². The molecule has 0 aromatic rings. The predicted octanol–water partition coefficient (Wildman–Crippen LogP) is 6.27. The van der Waals surface area contributed by atoms with Crippen LogP contribution in [0.25, 0.3) is 0 Å². The van der Waals surface area contributed by atoms with Crippen molar-refractivity contribution in [3.05, 3.63) is 0 Å². The van der Waals surface area contributed by atoms with Crippen molar-refractivity contribution in [3.63, 3.8) is 0 Å². The summed E-state index contributed by atoms with van der Waals surface area (Å²) in [6.07, 6.45) is 15.2. The molecule has 0 aromatic carbocycles. The van der Waals surface area contributed by atoms with Gasteiger partial charge in [-0.15, -0.1) is 0 Å². The van der Waals surface area contributed by atoms with E-state index < -0.39 is 0 Å². The van der Waals surface area contributed by atoms with E-state index in [0.29, 0.717) is 5.92 Å². The zero-order valence-corrected chi connectivity index (χ0v) is 17.6. The van der Waals surface area contributed by atoms with Gasteiger partial charge in [0.1, 0.15) is 0 Å². The maximum Gasteiger partial charge on any atom is 0.0185 e. The molecular formula is C22H48N2. The summed E-state index contributed by atoms with van der Waals surface area (Å²) in [5.41, 5.74) is 12.9. The highest BCUT2D eigenvalue weighted by Crippen LogP contribution is 2.37. The Morgan fingerprint density at radius 2 is 1.21 bits per heavy atom. The van der Waals surface area contributed by atoms with E-state index in [-0.39, 0.29) is 5.54 Å². The van der Waals surface area contributed by atoms with Gasteiger partial charge < -0.3 is 11.5 Å². The van der Waals surface area contributed by atoms with Crippen molar-refractivity contribution in [2.45, 2.75) is 117 Å². The fraction of sp³-hybridized carbons (Fsp3) is 1.00. The number of nitrogens with two attached hydrogens (primary N) is 2. The van der Waals surface area contributed by atoms with Crippen LogP contribution in [0.3, 0.4) is 0 Å². The molecule has 0 aliphatic heterocycles. The highest BCUT2D eigenvalue weighted by molar-refractivity contribution is 4.93. The van der Waals surface area contributed by atoms with Crippen LogP contribution >= 0.6 is 0 Å². The Bertz CT molecular complexity index is 259. The van der Waals surface area contributed by atoms with Gasteiger partial charge >= 0.3 is 0 Å². The molecular weight excluding hydrogens is 292 g/mol. The molecule has 3 unspecified atom stereocenters. The highest BCUT2D eigenvalue weighted by Gasteiger charge is 2.35. The van der Waals surface area contributed by atoms with Crippen molar-refractivity contribution in [3.8, 4) is 0 Å². The van der Waals surface area contributed by atoms with Crippen LogP contribution in [0.4, 0.5) is 0 Å². The smallest absolute Gasteiger partial charge is 0.0185 e. The molecule has 0 radical (unpaired) electrons. The Hall–Kier alpha value is -0.0800. The summed E-state index contributed by atoms with van der Waals surface area (Å²) in [4.78, 5) is 0. The fourth-order valence-electron chi connectivity index (χ4n) is 4.16. The Kier molecular flexibility index (Phi) is 14.1. The lowest BCUT2D eigenvalue weighted by Crippen LogP contribution is -2.49. The Balaban J connectivity index is 5.02. The van der Waals surface area contributed by atoms with Gasteiger partial charge in [0.05, 0.1) is 0 Å². The van der Waals surface area contributed by atoms with Gasteiger partial charge in [-0.2, -0.15) is 0 Å². The minimum atomic E-state index is -0.00198.